The maximum atomic E-state index is 7.99. The molecule has 1 saturated heterocycles. The largest absolute Gasteiger partial charge is 0.303 e. The van der Waals surface area contributed by atoms with Crippen LogP contribution in [0.15, 0.2) is 0 Å². The van der Waals surface area contributed by atoms with Gasteiger partial charge >= 0.3 is 0 Å². The third-order valence-electron chi connectivity index (χ3n) is 2.89. The van der Waals surface area contributed by atoms with E-state index in [4.69, 9.17) is 5.26 Å². The topological polar surface area (TPSA) is 27.0 Å². The molecule has 2 heteroatoms. The molecule has 0 aromatic carbocycles. The van der Waals surface area contributed by atoms with E-state index in [9.17, 15) is 0 Å². The maximum Gasteiger partial charge on any atom is 0.0624 e. The van der Waals surface area contributed by atoms with Crippen molar-refractivity contribution in [3.63, 3.8) is 0 Å². The second-order valence-electron chi connectivity index (χ2n) is 4.79. The molecule has 0 spiro atoms. The minimum Gasteiger partial charge on any atom is -0.303 e. The van der Waals surface area contributed by atoms with Crippen molar-refractivity contribution in [1.29, 1.82) is 5.26 Å². The van der Waals surface area contributed by atoms with Crippen molar-refractivity contribution in [3.8, 4) is 6.07 Å². The molecule has 1 rings (SSSR count). The molecule has 0 saturated carbocycles. The number of hydrogen-bond donors (Lipinski definition) is 0. The first-order valence-electron chi connectivity index (χ1n) is 8.19. The monoisotopic (exact) mass is 270 g/mol. The Morgan fingerprint density at radius 1 is 1.16 bits per heavy atom. The van der Waals surface area contributed by atoms with Crippen molar-refractivity contribution in [2.75, 3.05) is 13.6 Å². The van der Waals surface area contributed by atoms with Crippen LogP contribution in [0.4, 0.5) is 0 Å². The normalized spacial score (nSPS) is 17.8. The van der Waals surface area contributed by atoms with Gasteiger partial charge in [-0.1, -0.05) is 54.9 Å². The van der Waals surface area contributed by atoms with Crippen molar-refractivity contribution in [2.45, 2.75) is 86.6 Å². The lowest BCUT2D eigenvalue weighted by atomic mass is 10.0. The molecule has 19 heavy (non-hydrogen) atoms. The molecule has 1 fully saturated rings. The summed E-state index contributed by atoms with van der Waals surface area (Å²) in [4.78, 5) is 2.49. The van der Waals surface area contributed by atoms with Crippen molar-refractivity contribution >= 4 is 0 Å². The van der Waals surface area contributed by atoms with Crippen LogP contribution in [0.25, 0.3) is 0 Å². The first-order chi connectivity index (χ1) is 9.11. The minimum atomic E-state index is 0.537. The van der Waals surface area contributed by atoms with Gasteiger partial charge in [0.1, 0.15) is 0 Å². The van der Waals surface area contributed by atoms with Crippen LogP contribution in [0.2, 0.25) is 0 Å². The van der Waals surface area contributed by atoms with Gasteiger partial charge in [-0.05, 0) is 38.8 Å². The standard InChI is InChI=1S/C8H17N.C5H9N.2C2H6/c1-3-8-6-4-5-7-9(8)2;1-5(2)3-4-6;2*1-2/h8H,3-7H2,1-2H3;5H,3H2,1-2H3;2*1-2H3. The van der Waals surface area contributed by atoms with E-state index in [1.165, 1.54) is 32.2 Å². The summed E-state index contributed by atoms with van der Waals surface area (Å²) < 4.78 is 0. The van der Waals surface area contributed by atoms with Gasteiger partial charge in [-0.15, -0.1) is 0 Å². The smallest absolute Gasteiger partial charge is 0.0624 e. The summed E-state index contributed by atoms with van der Waals surface area (Å²) in [6.07, 6.45) is 6.29. The van der Waals surface area contributed by atoms with E-state index < -0.39 is 0 Å². The van der Waals surface area contributed by atoms with Gasteiger partial charge in [0.25, 0.3) is 0 Å². The second-order valence-corrected chi connectivity index (χ2v) is 4.79. The second kappa shape index (κ2) is 19.8. The Labute approximate surface area is 123 Å². The number of piperidine rings is 1. The molecule has 0 amide bonds. The van der Waals surface area contributed by atoms with E-state index >= 15 is 0 Å². The molecule has 0 radical (unpaired) electrons. The Bertz CT molecular complexity index is 182. The van der Waals surface area contributed by atoms with Gasteiger partial charge in [-0.25, -0.2) is 0 Å². The Hall–Kier alpha value is -0.550. The lowest BCUT2D eigenvalue weighted by Gasteiger charge is -2.31. The van der Waals surface area contributed by atoms with E-state index in [0.717, 1.165) is 6.04 Å². The Kier molecular flexibility index (Phi) is 24.5. The highest BCUT2D eigenvalue weighted by Gasteiger charge is 2.15. The zero-order valence-corrected chi connectivity index (χ0v) is 14.8. The van der Waals surface area contributed by atoms with Gasteiger partial charge in [0, 0.05) is 12.5 Å². The molecule has 1 aliphatic heterocycles. The third kappa shape index (κ3) is 17.4. The molecule has 0 aromatic rings. The minimum absolute atomic E-state index is 0.537. The highest BCUT2D eigenvalue weighted by Crippen LogP contribution is 2.16. The Morgan fingerprint density at radius 2 is 1.68 bits per heavy atom. The summed E-state index contributed by atoms with van der Waals surface area (Å²) in [5.74, 6) is 0.537. The Balaban J connectivity index is -0.000000224. The first-order valence-corrected chi connectivity index (χ1v) is 8.19. The van der Waals surface area contributed by atoms with Crippen molar-refractivity contribution < 1.29 is 0 Å². The number of hydrogen-bond acceptors (Lipinski definition) is 2. The number of likely N-dealkylation sites (tertiary alicyclic amines) is 1. The van der Waals surface area contributed by atoms with Crippen LogP contribution in [0.5, 0.6) is 0 Å². The van der Waals surface area contributed by atoms with Gasteiger partial charge in [0.2, 0.25) is 0 Å². The van der Waals surface area contributed by atoms with Crippen LogP contribution in [-0.2, 0) is 0 Å². The molecule has 0 aliphatic carbocycles. The van der Waals surface area contributed by atoms with Crippen LogP contribution in [-0.4, -0.2) is 24.5 Å². The predicted octanol–water partition coefficient (Wildman–Crippen LogP) is 5.49. The predicted molar refractivity (Wildman–Crippen MR) is 88.3 cm³/mol. The van der Waals surface area contributed by atoms with Crippen LogP contribution in [0.3, 0.4) is 0 Å². The number of rotatable bonds is 2. The van der Waals surface area contributed by atoms with Gasteiger partial charge in [-0.3, -0.25) is 0 Å². The van der Waals surface area contributed by atoms with Crippen molar-refractivity contribution in [3.05, 3.63) is 0 Å². The molecule has 1 heterocycles. The molecule has 2 nitrogen and oxygen atoms in total. The van der Waals surface area contributed by atoms with Crippen molar-refractivity contribution in [2.24, 2.45) is 5.92 Å². The molecule has 116 valence electrons. The van der Waals surface area contributed by atoms with Gasteiger partial charge in [-0.2, -0.15) is 5.26 Å². The summed E-state index contributed by atoms with van der Waals surface area (Å²) in [6.45, 7) is 15.7. The lowest BCUT2D eigenvalue weighted by Crippen LogP contribution is -2.35. The molecule has 1 aliphatic rings. The molecular formula is C17H38N2. The van der Waals surface area contributed by atoms with Crippen LogP contribution in [0.1, 0.15) is 80.6 Å². The van der Waals surface area contributed by atoms with Gasteiger partial charge in [0.05, 0.1) is 6.07 Å². The molecule has 0 N–H and O–H groups in total. The van der Waals surface area contributed by atoms with E-state index in [1.807, 2.05) is 41.5 Å². The summed E-state index contributed by atoms with van der Waals surface area (Å²) >= 11 is 0. The summed E-state index contributed by atoms with van der Waals surface area (Å²) in [7, 11) is 2.24. The summed E-state index contributed by atoms with van der Waals surface area (Å²) in [5.41, 5.74) is 0. The van der Waals surface area contributed by atoms with Gasteiger partial charge in [0.15, 0.2) is 0 Å². The fourth-order valence-corrected chi connectivity index (χ4v) is 1.84. The maximum absolute atomic E-state index is 7.99. The molecule has 1 unspecified atom stereocenters. The summed E-state index contributed by atoms with van der Waals surface area (Å²) in [6, 6.07) is 2.95. The highest BCUT2D eigenvalue weighted by molar-refractivity contribution is 4.71. The lowest BCUT2D eigenvalue weighted by molar-refractivity contribution is 0.181. The quantitative estimate of drug-likeness (QED) is 0.663. The highest BCUT2D eigenvalue weighted by atomic mass is 15.1. The van der Waals surface area contributed by atoms with E-state index in [2.05, 4.69) is 24.9 Å². The number of nitriles is 1. The summed E-state index contributed by atoms with van der Waals surface area (Å²) in [5, 5.41) is 7.99. The van der Waals surface area contributed by atoms with E-state index in [0.29, 0.717) is 12.3 Å². The SMILES string of the molecule is CC.CC.CC(C)CC#N.CCC1CCCCN1C. The third-order valence-corrected chi connectivity index (χ3v) is 2.89. The van der Waals surface area contributed by atoms with Crippen LogP contribution >= 0.6 is 0 Å². The zero-order chi connectivity index (χ0) is 15.7. The fraction of sp³-hybridized carbons (Fsp3) is 0.941. The average Bonchev–Trinajstić information content (AvgIpc) is 2.44. The van der Waals surface area contributed by atoms with E-state index in [1.54, 1.807) is 0 Å². The van der Waals surface area contributed by atoms with E-state index in [-0.39, 0.29) is 0 Å². The number of nitrogens with zero attached hydrogens (tertiary/aromatic N) is 2. The zero-order valence-electron chi connectivity index (χ0n) is 14.8. The van der Waals surface area contributed by atoms with Crippen LogP contribution in [0, 0.1) is 17.2 Å². The fourth-order valence-electron chi connectivity index (χ4n) is 1.84. The Morgan fingerprint density at radius 3 is 1.89 bits per heavy atom. The molecule has 1 atom stereocenters. The molecular weight excluding hydrogens is 232 g/mol. The molecule has 0 aromatic heterocycles. The van der Waals surface area contributed by atoms with Crippen molar-refractivity contribution in [1.82, 2.24) is 4.90 Å². The molecule has 0 bridgehead atoms. The van der Waals surface area contributed by atoms with Gasteiger partial charge < -0.3 is 4.90 Å². The average molecular weight is 271 g/mol. The van der Waals surface area contributed by atoms with Crippen LogP contribution < -0.4 is 0 Å². The first kappa shape index (κ1) is 23.5.